The SMILES string of the molecule is COc1cc(Cl)c(OC)c2c1cc(CO)c1c(=O)cc(C(C)C)oc12. The number of hydrogen-bond acceptors (Lipinski definition) is 5. The van der Waals surface area contributed by atoms with E-state index in [1.54, 1.807) is 12.1 Å². The van der Waals surface area contributed by atoms with Gasteiger partial charge >= 0.3 is 0 Å². The van der Waals surface area contributed by atoms with Gasteiger partial charge in [-0.25, -0.2) is 0 Å². The van der Waals surface area contributed by atoms with Gasteiger partial charge in [0.15, 0.2) is 5.43 Å². The molecule has 25 heavy (non-hydrogen) atoms. The molecule has 1 N–H and O–H groups in total. The zero-order valence-electron chi connectivity index (χ0n) is 14.5. The van der Waals surface area contributed by atoms with E-state index in [0.29, 0.717) is 49.6 Å². The highest BCUT2D eigenvalue weighted by atomic mass is 35.5. The van der Waals surface area contributed by atoms with E-state index >= 15 is 0 Å². The van der Waals surface area contributed by atoms with Crippen LogP contribution in [0.25, 0.3) is 21.7 Å². The van der Waals surface area contributed by atoms with Crippen molar-refractivity contribution in [2.75, 3.05) is 14.2 Å². The van der Waals surface area contributed by atoms with E-state index in [0.717, 1.165) is 0 Å². The molecule has 0 aliphatic heterocycles. The average Bonchev–Trinajstić information content (AvgIpc) is 2.59. The quantitative estimate of drug-likeness (QED) is 0.703. The Morgan fingerprint density at radius 2 is 1.88 bits per heavy atom. The molecule has 0 aliphatic carbocycles. The molecule has 1 aromatic heterocycles. The Hall–Kier alpha value is -2.24. The third-order valence-electron chi connectivity index (χ3n) is 4.23. The highest BCUT2D eigenvalue weighted by Crippen LogP contribution is 2.44. The third kappa shape index (κ3) is 2.73. The summed E-state index contributed by atoms with van der Waals surface area (Å²) in [5.74, 6) is 1.48. The number of rotatable bonds is 4. The van der Waals surface area contributed by atoms with E-state index in [9.17, 15) is 9.90 Å². The van der Waals surface area contributed by atoms with Crippen LogP contribution in [0.1, 0.15) is 31.1 Å². The lowest BCUT2D eigenvalue weighted by Gasteiger charge is -2.16. The van der Waals surface area contributed by atoms with Gasteiger partial charge in [-0.1, -0.05) is 25.4 Å². The molecule has 3 rings (SSSR count). The molecule has 0 aliphatic rings. The molecule has 2 aromatic carbocycles. The van der Waals surface area contributed by atoms with Gasteiger partial charge in [0.25, 0.3) is 0 Å². The largest absolute Gasteiger partial charge is 0.496 e. The Kier molecular flexibility index (Phi) is 4.62. The summed E-state index contributed by atoms with van der Waals surface area (Å²) in [5.41, 5.74) is 0.599. The first-order valence-electron chi connectivity index (χ1n) is 7.87. The van der Waals surface area contributed by atoms with E-state index in [1.165, 1.54) is 20.3 Å². The first-order valence-corrected chi connectivity index (χ1v) is 8.25. The Morgan fingerprint density at radius 3 is 2.44 bits per heavy atom. The Balaban J connectivity index is 2.67. The second kappa shape index (κ2) is 6.58. The third-order valence-corrected chi connectivity index (χ3v) is 4.51. The van der Waals surface area contributed by atoms with Crippen molar-refractivity contribution in [3.05, 3.63) is 44.8 Å². The number of aliphatic hydroxyl groups is 1. The van der Waals surface area contributed by atoms with Crippen LogP contribution in [0.15, 0.2) is 27.4 Å². The molecule has 0 spiro atoms. The molecule has 3 aromatic rings. The molecule has 0 saturated heterocycles. The zero-order valence-corrected chi connectivity index (χ0v) is 15.2. The number of ether oxygens (including phenoxy) is 2. The molecule has 0 fully saturated rings. The van der Waals surface area contributed by atoms with Gasteiger partial charge in [0, 0.05) is 23.4 Å². The zero-order chi connectivity index (χ0) is 18.3. The van der Waals surface area contributed by atoms with Crippen molar-refractivity contribution in [2.45, 2.75) is 26.4 Å². The van der Waals surface area contributed by atoms with Gasteiger partial charge in [0.05, 0.1) is 36.6 Å². The van der Waals surface area contributed by atoms with Gasteiger partial charge in [-0.15, -0.1) is 0 Å². The molecule has 0 bridgehead atoms. The monoisotopic (exact) mass is 362 g/mol. The molecule has 0 unspecified atom stereocenters. The molecule has 0 radical (unpaired) electrons. The van der Waals surface area contributed by atoms with E-state index in [4.69, 9.17) is 25.5 Å². The highest BCUT2D eigenvalue weighted by Gasteiger charge is 2.21. The summed E-state index contributed by atoms with van der Waals surface area (Å²) in [6.45, 7) is 3.58. The number of benzene rings is 2. The van der Waals surface area contributed by atoms with Crippen LogP contribution >= 0.6 is 11.6 Å². The summed E-state index contributed by atoms with van der Waals surface area (Å²) in [5, 5.41) is 11.6. The van der Waals surface area contributed by atoms with Gasteiger partial charge < -0.3 is 19.0 Å². The molecule has 0 amide bonds. The minimum atomic E-state index is -0.299. The fraction of sp³-hybridized carbons (Fsp3) is 0.316. The Labute approximate surface area is 149 Å². The topological polar surface area (TPSA) is 68.9 Å². The second-order valence-electron chi connectivity index (χ2n) is 6.08. The fourth-order valence-corrected chi connectivity index (χ4v) is 3.28. The molecule has 132 valence electrons. The molecule has 0 saturated carbocycles. The van der Waals surface area contributed by atoms with E-state index in [1.807, 2.05) is 13.8 Å². The van der Waals surface area contributed by atoms with Crippen LogP contribution in [0.2, 0.25) is 5.02 Å². The molecule has 5 nitrogen and oxygen atoms in total. The summed E-state index contributed by atoms with van der Waals surface area (Å²) >= 11 is 6.33. The van der Waals surface area contributed by atoms with Crippen LogP contribution in [0.5, 0.6) is 11.5 Å². The van der Waals surface area contributed by atoms with Crippen LogP contribution in [0.3, 0.4) is 0 Å². The minimum Gasteiger partial charge on any atom is -0.496 e. The maximum atomic E-state index is 12.7. The van der Waals surface area contributed by atoms with Crippen LogP contribution in [-0.2, 0) is 6.61 Å². The summed E-state index contributed by atoms with van der Waals surface area (Å²) in [6.07, 6.45) is 0. The number of aliphatic hydroxyl groups excluding tert-OH is 1. The number of fused-ring (bicyclic) bond motifs is 3. The van der Waals surface area contributed by atoms with Crippen LogP contribution < -0.4 is 14.9 Å². The van der Waals surface area contributed by atoms with Crippen molar-refractivity contribution >= 4 is 33.3 Å². The van der Waals surface area contributed by atoms with Crippen LogP contribution in [-0.4, -0.2) is 19.3 Å². The maximum Gasteiger partial charge on any atom is 0.193 e. The maximum absolute atomic E-state index is 12.7. The average molecular weight is 363 g/mol. The molecular weight excluding hydrogens is 344 g/mol. The lowest BCUT2D eigenvalue weighted by Crippen LogP contribution is -2.07. The summed E-state index contributed by atoms with van der Waals surface area (Å²) in [7, 11) is 3.03. The number of hydrogen-bond donors (Lipinski definition) is 1. The van der Waals surface area contributed by atoms with Crippen molar-refractivity contribution in [1.82, 2.24) is 0 Å². The predicted octanol–water partition coefficient (Wildman–Crippen LogP) is 4.23. The van der Waals surface area contributed by atoms with E-state index in [2.05, 4.69) is 0 Å². The van der Waals surface area contributed by atoms with Crippen LogP contribution in [0, 0.1) is 0 Å². The minimum absolute atomic E-state index is 0.0250. The van der Waals surface area contributed by atoms with Crippen molar-refractivity contribution < 1.29 is 19.0 Å². The molecular formula is C19H19ClO5. The Bertz CT molecular complexity index is 1020. The van der Waals surface area contributed by atoms with Gasteiger partial charge in [-0.2, -0.15) is 0 Å². The summed E-state index contributed by atoms with van der Waals surface area (Å²) < 4.78 is 16.9. The van der Waals surface area contributed by atoms with Crippen molar-refractivity contribution in [3.63, 3.8) is 0 Å². The van der Waals surface area contributed by atoms with E-state index in [-0.39, 0.29) is 18.0 Å². The number of halogens is 1. The normalized spacial score (nSPS) is 11.5. The second-order valence-corrected chi connectivity index (χ2v) is 6.49. The standard InChI is InChI=1S/C19H19ClO5/c1-9(2)14-7-13(22)16-10(8-21)5-11-15(23-3)6-12(20)18(24-4)17(11)19(16)25-14/h5-7,9,21H,8H2,1-4H3. The lowest BCUT2D eigenvalue weighted by atomic mass is 9.99. The summed E-state index contributed by atoms with van der Waals surface area (Å²) in [4.78, 5) is 12.7. The predicted molar refractivity (Wildman–Crippen MR) is 98.1 cm³/mol. The van der Waals surface area contributed by atoms with Gasteiger partial charge in [0.2, 0.25) is 0 Å². The molecule has 6 heteroatoms. The van der Waals surface area contributed by atoms with Crippen molar-refractivity contribution in [2.24, 2.45) is 0 Å². The van der Waals surface area contributed by atoms with Crippen molar-refractivity contribution in [1.29, 1.82) is 0 Å². The van der Waals surface area contributed by atoms with Gasteiger partial charge in [-0.3, -0.25) is 4.79 Å². The van der Waals surface area contributed by atoms with Gasteiger partial charge in [-0.05, 0) is 11.6 Å². The fourth-order valence-electron chi connectivity index (χ4n) is 3.01. The smallest absolute Gasteiger partial charge is 0.193 e. The lowest BCUT2D eigenvalue weighted by molar-refractivity contribution is 0.283. The molecule has 1 heterocycles. The summed E-state index contributed by atoms with van der Waals surface area (Å²) in [6, 6.07) is 4.81. The Morgan fingerprint density at radius 1 is 1.16 bits per heavy atom. The first kappa shape index (κ1) is 17.6. The highest BCUT2D eigenvalue weighted by molar-refractivity contribution is 6.34. The molecule has 0 atom stereocenters. The van der Waals surface area contributed by atoms with Crippen molar-refractivity contribution in [3.8, 4) is 11.5 Å². The van der Waals surface area contributed by atoms with Gasteiger partial charge in [0.1, 0.15) is 22.8 Å². The first-order chi connectivity index (χ1) is 11.9. The number of methoxy groups -OCH3 is 2. The van der Waals surface area contributed by atoms with Crippen LogP contribution in [0.4, 0.5) is 0 Å². The van der Waals surface area contributed by atoms with E-state index < -0.39 is 0 Å².